The number of benzene rings is 1. The van der Waals surface area contributed by atoms with Crippen LogP contribution < -0.4 is 5.32 Å². The summed E-state index contributed by atoms with van der Waals surface area (Å²) in [6.45, 7) is 3.63. The predicted octanol–water partition coefficient (Wildman–Crippen LogP) is 2.19. The molecular weight excluding hydrogens is 376 g/mol. The van der Waals surface area contributed by atoms with Gasteiger partial charge < -0.3 is 10.2 Å². The van der Waals surface area contributed by atoms with Gasteiger partial charge in [-0.3, -0.25) is 0 Å². The maximum Gasteiger partial charge on any atom is 0.179 e. The first-order chi connectivity index (χ1) is 9.51. The largest absolute Gasteiger partial charge is 0.319 e. The van der Waals surface area contributed by atoms with Gasteiger partial charge in [0.15, 0.2) is 9.84 Å². The Morgan fingerprint density at radius 1 is 1.33 bits per heavy atom. The molecule has 0 spiro atoms. The van der Waals surface area contributed by atoms with E-state index in [1.54, 1.807) is 24.3 Å². The van der Waals surface area contributed by atoms with Gasteiger partial charge in [0.25, 0.3) is 0 Å². The van der Waals surface area contributed by atoms with Gasteiger partial charge in [-0.25, -0.2) is 8.42 Å². The zero-order chi connectivity index (χ0) is 14.6. The molecule has 2 rings (SSSR count). The zero-order valence-corrected chi connectivity index (χ0v) is 15.3. The van der Waals surface area contributed by atoms with Gasteiger partial charge in [0.2, 0.25) is 0 Å². The fourth-order valence-corrected chi connectivity index (χ4v) is 4.13. The quantitative estimate of drug-likeness (QED) is 0.799. The summed E-state index contributed by atoms with van der Waals surface area (Å²) in [5.74, 6) is 0.844. The Bertz CT molecular complexity index is 536. The first kappa shape index (κ1) is 18.9. The first-order valence-electron chi connectivity index (χ1n) is 6.86. The fourth-order valence-electron chi connectivity index (χ4n) is 2.58. The molecule has 0 aliphatic carbocycles. The smallest absolute Gasteiger partial charge is 0.179 e. The highest BCUT2D eigenvalue weighted by Crippen LogP contribution is 2.18. The number of sulfone groups is 1. The summed E-state index contributed by atoms with van der Waals surface area (Å²) in [6, 6.07) is 6.86. The fraction of sp³-hybridized carbons (Fsp3) is 0.571. The average molecular weight is 398 g/mol. The van der Waals surface area contributed by atoms with Gasteiger partial charge in [0.05, 0.1) is 10.6 Å². The van der Waals surface area contributed by atoms with Gasteiger partial charge in [-0.05, 0) is 56.7 Å². The normalized spacial score (nSPS) is 19.4. The van der Waals surface area contributed by atoms with E-state index in [1.807, 2.05) is 7.05 Å². The van der Waals surface area contributed by atoms with Crippen molar-refractivity contribution in [3.63, 3.8) is 0 Å². The van der Waals surface area contributed by atoms with Crippen molar-refractivity contribution < 1.29 is 8.42 Å². The number of nitrogens with zero attached hydrogens (tertiary/aromatic N) is 1. The van der Waals surface area contributed by atoms with E-state index in [4.69, 9.17) is 0 Å². The van der Waals surface area contributed by atoms with E-state index in [1.165, 1.54) is 0 Å². The van der Waals surface area contributed by atoms with Crippen molar-refractivity contribution >= 4 is 38.2 Å². The highest BCUT2D eigenvalue weighted by Gasteiger charge is 2.23. The number of nitrogens with one attached hydrogen (secondary N) is 1. The van der Waals surface area contributed by atoms with E-state index in [9.17, 15) is 8.42 Å². The molecule has 0 saturated carbocycles. The van der Waals surface area contributed by atoms with Crippen LogP contribution in [0.4, 0.5) is 0 Å². The van der Waals surface area contributed by atoms with Crippen molar-refractivity contribution in [1.29, 1.82) is 0 Å². The Kier molecular flexibility index (Phi) is 7.64. The molecule has 1 aliphatic heterocycles. The maximum atomic E-state index is 12.3. The molecule has 1 aromatic carbocycles. The van der Waals surface area contributed by atoms with Gasteiger partial charge in [0.1, 0.15) is 0 Å². The van der Waals surface area contributed by atoms with Crippen LogP contribution in [0, 0.1) is 5.92 Å². The van der Waals surface area contributed by atoms with Crippen LogP contribution in [0.3, 0.4) is 0 Å². The second-order valence-electron chi connectivity index (χ2n) is 5.29. The van der Waals surface area contributed by atoms with Gasteiger partial charge in [-0.15, -0.1) is 12.4 Å². The minimum Gasteiger partial charge on any atom is -0.319 e. The summed E-state index contributed by atoms with van der Waals surface area (Å²) in [5, 5.41) is 3.18. The van der Waals surface area contributed by atoms with Crippen LogP contribution in [0.25, 0.3) is 0 Å². The molecule has 1 unspecified atom stereocenters. The molecule has 1 aromatic rings. The van der Waals surface area contributed by atoms with Crippen LogP contribution in [-0.4, -0.2) is 52.3 Å². The van der Waals surface area contributed by atoms with Crippen LogP contribution in [-0.2, 0) is 9.84 Å². The third-order valence-electron chi connectivity index (χ3n) is 3.71. The van der Waals surface area contributed by atoms with E-state index in [0.29, 0.717) is 17.4 Å². The van der Waals surface area contributed by atoms with Crippen molar-refractivity contribution in [2.45, 2.75) is 11.3 Å². The SMILES string of the molecule is CNCC1CCN(CCS(=O)(=O)c2ccc(Br)cc2)C1.Cl. The number of rotatable bonds is 6. The third-order valence-corrected chi connectivity index (χ3v) is 5.95. The molecule has 0 radical (unpaired) electrons. The minimum absolute atomic E-state index is 0. The highest BCUT2D eigenvalue weighted by molar-refractivity contribution is 9.10. The molecule has 1 N–H and O–H groups in total. The van der Waals surface area contributed by atoms with E-state index >= 15 is 0 Å². The summed E-state index contributed by atoms with van der Waals surface area (Å²) in [5.41, 5.74) is 0. The molecule has 0 bridgehead atoms. The number of hydrogen-bond donors (Lipinski definition) is 1. The number of hydrogen-bond acceptors (Lipinski definition) is 4. The van der Waals surface area contributed by atoms with E-state index in [0.717, 1.165) is 30.5 Å². The van der Waals surface area contributed by atoms with Crippen LogP contribution >= 0.6 is 28.3 Å². The van der Waals surface area contributed by atoms with Crippen molar-refractivity contribution in [1.82, 2.24) is 10.2 Å². The molecule has 7 heteroatoms. The molecule has 0 aromatic heterocycles. The first-order valence-corrected chi connectivity index (χ1v) is 9.31. The lowest BCUT2D eigenvalue weighted by Gasteiger charge is -2.16. The lowest BCUT2D eigenvalue weighted by molar-refractivity contribution is 0.341. The maximum absolute atomic E-state index is 12.3. The second kappa shape index (κ2) is 8.48. The number of halogens is 2. The molecule has 1 atom stereocenters. The Balaban J connectivity index is 0.00000220. The minimum atomic E-state index is -3.17. The summed E-state index contributed by atoms with van der Waals surface area (Å²) >= 11 is 3.32. The van der Waals surface area contributed by atoms with E-state index in [2.05, 4.69) is 26.1 Å². The zero-order valence-electron chi connectivity index (χ0n) is 12.1. The third kappa shape index (κ3) is 5.53. The van der Waals surface area contributed by atoms with Crippen molar-refractivity contribution in [3.05, 3.63) is 28.7 Å². The predicted molar refractivity (Wildman–Crippen MR) is 91.9 cm³/mol. The summed E-state index contributed by atoms with van der Waals surface area (Å²) in [6.07, 6.45) is 1.15. The molecule has 0 amide bonds. The van der Waals surface area contributed by atoms with Crippen molar-refractivity contribution in [2.75, 3.05) is 39.0 Å². The summed E-state index contributed by atoms with van der Waals surface area (Å²) in [4.78, 5) is 2.66. The molecule has 120 valence electrons. The molecule has 4 nitrogen and oxygen atoms in total. The Labute approximate surface area is 141 Å². The van der Waals surface area contributed by atoms with Crippen LogP contribution in [0.2, 0.25) is 0 Å². The topological polar surface area (TPSA) is 49.4 Å². The van der Waals surface area contributed by atoms with Crippen LogP contribution in [0.5, 0.6) is 0 Å². The van der Waals surface area contributed by atoms with E-state index in [-0.39, 0.29) is 18.2 Å². The molecule has 1 fully saturated rings. The molecular formula is C14H22BrClN2O2S. The van der Waals surface area contributed by atoms with Crippen molar-refractivity contribution in [3.8, 4) is 0 Å². The Morgan fingerprint density at radius 2 is 2.00 bits per heavy atom. The Morgan fingerprint density at radius 3 is 2.62 bits per heavy atom. The standard InChI is InChI=1S/C14H21BrN2O2S.ClH/c1-16-10-12-6-7-17(11-12)8-9-20(18,19)14-4-2-13(15)3-5-14;/h2-5,12,16H,6-11H2,1H3;1H. The van der Waals surface area contributed by atoms with Gasteiger partial charge in [-0.1, -0.05) is 15.9 Å². The Hall–Kier alpha value is -0.140. The van der Waals surface area contributed by atoms with Gasteiger partial charge in [0, 0.05) is 17.6 Å². The summed E-state index contributed by atoms with van der Waals surface area (Å²) < 4.78 is 25.4. The number of likely N-dealkylation sites (tertiary alicyclic amines) is 1. The van der Waals surface area contributed by atoms with Crippen molar-refractivity contribution in [2.24, 2.45) is 5.92 Å². The highest BCUT2D eigenvalue weighted by atomic mass is 79.9. The lowest BCUT2D eigenvalue weighted by atomic mass is 10.1. The molecule has 1 aliphatic rings. The molecule has 1 heterocycles. The monoisotopic (exact) mass is 396 g/mol. The molecule has 21 heavy (non-hydrogen) atoms. The molecule has 1 saturated heterocycles. The average Bonchev–Trinajstić information content (AvgIpc) is 2.85. The lowest BCUT2D eigenvalue weighted by Crippen LogP contribution is -2.29. The summed E-state index contributed by atoms with van der Waals surface area (Å²) in [7, 11) is -1.21. The van der Waals surface area contributed by atoms with Crippen LogP contribution in [0.15, 0.2) is 33.6 Å². The van der Waals surface area contributed by atoms with Gasteiger partial charge in [-0.2, -0.15) is 0 Å². The van der Waals surface area contributed by atoms with Gasteiger partial charge >= 0.3 is 0 Å². The second-order valence-corrected chi connectivity index (χ2v) is 8.31. The van der Waals surface area contributed by atoms with Crippen LogP contribution in [0.1, 0.15) is 6.42 Å². The van der Waals surface area contributed by atoms with E-state index < -0.39 is 9.84 Å².